The highest BCUT2D eigenvalue weighted by atomic mass is 19.1. The third-order valence-electron chi connectivity index (χ3n) is 5.91. The first-order chi connectivity index (χ1) is 13.7. The molecule has 2 aliphatic heterocycles. The molecule has 3 atom stereocenters. The average Bonchev–Trinajstić information content (AvgIpc) is 3.14. The summed E-state index contributed by atoms with van der Waals surface area (Å²) in [4.78, 5) is 15.2. The summed E-state index contributed by atoms with van der Waals surface area (Å²) in [5.41, 5.74) is 2.10. The van der Waals surface area contributed by atoms with Crippen molar-refractivity contribution in [2.45, 2.75) is 44.2 Å². The summed E-state index contributed by atoms with van der Waals surface area (Å²) in [6.07, 6.45) is 2.49. The third kappa shape index (κ3) is 3.90. The Bertz CT molecular complexity index is 806. The number of carbonyl (C=O) groups excluding carboxylic acids is 1. The predicted octanol–water partition coefficient (Wildman–Crippen LogP) is 3.51. The molecule has 0 radical (unpaired) electrons. The fraction of sp³-hybridized carbons (Fsp3) is 0.435. The average molecular weight is 382 g/mol. The van der Waals surface area contributed by atoms with Gasteiger partial charge in [-0.25, -0.2) is 4.39 Å². The van der Waals surface area contributed by atoms with E-state index < -0.39 is 0 Å². The quantitative estimate of drug-likeness (QED) is 0.860. The number of halogens is 1. The molecule has 2 fully saturated rings. The maximum Gasteiger partial charge on any atom is 0.227 e. The minimum absolute atomic E-state index is 0.134. The van der Waals surface area contributed by atoms with Crippen LogP contribution in [0.1, 0.15) is 36.8 Å². The fourth-order valence-electron chi connectivity index (χ4n) is 4.60. The van der Waals surface area contributed by atoms with Gasteiger partial charge in [0.05, 0.1) is 19.1 Å². The van der Waals surface area contributed by atoms with E-state index in [4.69, 9.17) is 4.74 Å². The van der Waals surface area contributed by atoms with E-state index in [1.54, 1.807) is 0 Å². The number of amides is 1. The molecular formula is C23H27FN2O2. The lowest BCUT2D eigenvalue weighted by Crippen LogP contribution is -2.53. The van der Waals surface area contributed by atoms with Gasteiger partial charge in [0.2, 0.25) is 5.91 Å². The normalized spacial score (nSPS) is 24.1. The van der Waals surface area contributed by atoms with Gasteiger partial charge >= 0.3 is 0 Å². The number of hydrogen-bond acceptors (Lipinski definition) is 3. The van der Waals surface area contributed by atoms with Crippen molar-refractivity contribution in [3.63, 3.8) is 0 Å². The number of rotatable bonds is 5. The van der Waals surface area contributed by atoms with Crippen molar-refractivity contribution in [1.29, 1.82) is 0 Å². The summed E-state index contributed by atoms with van der Waals surface area (Å²) in [5.74, 6) is 0.969. The van der Waals surface area contributed by atoms with Crippen LogP contribution in [-0.4, -0.2) is 42.6 Å². The monoisotopic (exact) mass is 382 g/mol. The Balaban J connectivity index is 1.50. The number of ether oxygens (including phenoxy) is 1. The van der Waals surface area contributed by atoms with Gasteiger partial charge in [-0.2, -0.15) is 0 Å². The Morgan fingerprint density at radius 1 is 1.18 bits per heavy atom. The number of hydrogen-bond donors (Lipinski definition) is 1. The van der Waals surface area contributed by atoms with Gasteiger partial charge in [0.15, 0.2) is 0 Å². The van der Waals surface area contributed by atoms with Crippen molar-refractivity contribution >= 4 is 5.91 Å². The molecule has 0 spiro atoms. The maximum absolute atomic E-state index is 13.3. The van der Waals surface area contributed by atoms with Crippen LogP contribution in [0.25, 0.3) is 0 Å². The predicted molar refractivity (Wildman–Crippen MR) is 107 cm³/mol. The van der Waals surface area contributed by atoms with Gasteiger partial charge in [0.25, 0.3) is 0 Å². The lowest BCUT2D eigenvalue weighted by atomic mass is 9.85. The molecule has 2 aromatic carbocycles. The molecular weight excluding hydrogens is 355 g/mol. The van der Waals surface area contributed by atoms with E-state index in [-0.39, 0.29) is 23.7 Å². The highest BCUT2D eigenvalue weighted by Gasteiger charge is 2.44. The SMILES string of the molecule is CCOc1ccc(CC(=O)N2CCC[C@H]3NC[C@H](c4ccc(F)cc4)[C@H]32)cc1. The molecule has 2 aliphatic rings. The van der Waals surface area contributed by atoms with Crippen LogP contribution in [0.15, 0.2) is 48.5 Å². The second-order valence-electron chi connectivity index (χ2n) is 7.65. The molecule has 4 nitrogen and oxygen atoms in total. The van der Waals surface area contributed by atoms with Crippen LogP contribution in [0, 0.1) is 5.82 Å². The van der Waals surface area contributed by atoms with Gasteiger partial charge < -0.3 is 15.0 Å². The standard InChI is InChI=1S/C23H27FN2O2/c1-2-28-19-11-5-16(6-12-19)14-22(27)26-13-3-4-21-23(26)20(15-25-21)17-7-9-18(24)10-8-17/h5-12,20-21,23,25H,2-4,13-15H2,1H3/t20-,21-,23-/m1/s1. The molecule has 4 rings (SSSR count). The Morgan fingerprint density at radius 2 is 1.93 bits per heavy atom. The molecule has 148 valence electrons. The second kappa shape index (κ2) is 8.31. The van der Waals surface area contributed by atoms with Crippen LogP contribution < -0.4 is 10.1 Å². The Hall–Kier alpha value is -2.40. The largest absolute Gasteiger partial charge is 0.494 e. The number of fused-ring (bicyclic) bond motifs is 1. The first-order valence-electron chi connectivity index (χ1n) is 10.2. The summed E-state index contributed by atoms with van der Waals surface area (Å²) >= 11 is 0. The lowest BCUT2D eigenvalue weighted by Gasteiger charge is -2.40. The van der Waals surface area contributed by atoms with Crippen molar-refractivity contribution in [3.05, 3.63) is 65.5 Å². The molecule has 0 unspecified atom stereocenters. The van der Waals surface area contributed by atoms with Crippen molar-refractivity contribution in [2.24, 2.45) is 0 Å². The van der Waals surface area contributed by atoms with Gasteiger partial charge in [-0.1, -0.05) is 24.3 Å². The van der Waals surface area contributed by atoms with Crippen LogP contribution >= 0.6 is 0 Å². The first kappa shape index (κ1) is 18.9. The van der Waals surface area contributed by atoms with E-state index in [0.29, 0.717) is 19.1 Å². The fourth-order valence-corrected chi connectivity index (χ4v) is 4.60. The van der Waals surface area contributed by atoms with Crippen molar-refractivity contribution in [1.82, 2.24) is 10.2 Å². The summed E-state index contributed by atoms with van der Waals surface area (Å²) in [7, 11) is 0. The Morgan fingerprint density at radius 3 is 2.64 bits per heavy atom. The van der Waals surface area contributed by atoms with Crippen LogP contribution in [0.5, 0.6) is 5.75 Å². The smallest absolute Gasteiger partial charge is 0.227 e. The van der Waals surface area contributed by atoms with E-state index in [9.17, 15) is 9.18 Å². The third-order valence-corrected chi connectivity index (χ3v) is 5.91. The lowest BCUT2D eigenvalue weighted by molar-refractivity contribution is -0.134. The number of nitrogens with zero attached hydrogens (tertiary/aromatic N) is 1. The van der Waals surface area contributed by atoms with Gasteiger partial charge in [-0.05, 0) is 55.2 Å². The van der Waals surface area contributed by atoms with Crippen molar-refractivity contribution in [2.75, 3.05) is 19.7 Å². The zero-order valence-electron chi connectivity index (χ0n) is 16.2. The van der Waals surface area contributed by atoms with Gasteiger partial charge in [0, 0.05) is 25.0 Å². The van der Waals surface area contributed by atoms with E-state index in [0.717, 1.165) is 42.8 Å². The summed E-state index contributed by atoms with van der Waals surface area (Å²) in [6.45, 7) is 4.20. The molecule has 2 saturated heterocycles. The summed E-state index contributed by atoms with van der Waals surface area (Å²) in [6, 6.07) is 15.0. The molecule has 0 bridgehead atoms. The van der Waals surface area contributed by atoms with Crippen LogP contribution in [-0.2, 0) is 11.2 Å². The zero-order chi connectivity index (χ0) is 19.5. The summed E-state index contributed by atoms with van der Waals surface area (Å²) < 4.78 is 18.8. The van der Waals surface area contributed by atoms with Crippen LogP contribution in [0.3, 0.4) is 0 Å². The Kier molecular flexibility index (Phi) is 5.62. The number of benzene rings is 2. The van der Waals surface area contributed by atoms with E-state index in [2.05, 4.69) is 10.2 Å². The van der Waals surface area contributed by atoms with Gasteiger partial charge in [0.1, 0.15) is 11.6 Å². The molecule has 0 aromatic heterocycles. The van der Waals surface area contributed by atoms with Crippen LogP contribution in [0.2, 0.25) is 0 Å². The molecule has 5 heteroatoms. The topological polar surface area (TPSA) is 41.6 Å². The van der Waals surface area contributed by atoms with Crippen LogP contribution in [0.4, 0.5) is 4.39 Å². The molecule has 0 aliphatic carbocycles. The number of likely N-dealkylation sites (tertiary alicyclic amines) is 1. The minimum atomic E-state index is -0.224. The number of carbonyl (C=O) groups is 1. The van der Waals surface area contributed by atoms with E-state index in [1.807, 2.05) is 43.3 Å². The maximum atomic E-state index is 13.3. The minimum Gasteiger partial charge on any atom is -0.494 e. The first-order valence-corrected chi connectivity index (χ1v) is 10.2. The molecule has 1 amide bonds. The second-order valence-corrected chi connectivity index (χ2v) is 7.65. The summed E-state index contributed by atoms with van der Waals surface area (Å²) in [5, 5.41) is 3.59. The molecule has 1 N–H and O–H groups in total. The number of nitrogens with one attached hydrogen (secondary N) is 1. The molecule has 0 saturated carbocycles. The molecule has 2 aromatic rings. The van der Waals surface area contributed by atoms with Crippen molar-refractivity contribution < 1.29 is 13.9 Å². The highest BCUT2D eigenvalue weighted by molar-refractivity contribution is 5.79. The molecule has 2 heterocycles. The van der Waals surface area contributed by atoms with Gasteiger partial charge in [-0.15, -0.1) is 0 Å². The van der Waals surface area contributed by atoms with E-state index >= 15 is 0 Å². The highest BCUT2D eigenvalue weighted by Crippen LogP contribution is 2.35. The zero-order valence-corrected chi connectivity index (χ0v) is 16.2. The van der Waals surface area contributed by atoms with Gasteiger partial charge in [-0.3, -0.25) is 4.79 Å². The van der Waals surface area contributed by atoms with E-state index in [1.165, 1.54) is 12.1 Å². The Labute approximate surface area is 165 Å². The van der Waals surface area contributed by atoms with Crippen molar-refractivity contribution in [3.8, 4) is 5.75 Å². The molecule has 28 heavy (non-hydrogen) atoms. The number of piperidine rings is 1.